The molecule has 2 N–H and O–H groups in total. The second-order valence-electron chi connectivity index (χ2n) is 3.67. The monoisotopic (exact) mass is 265 g/mol. The van der Waals surface area contributed by atoms with Gasteiger partial charge in [-0.15, -0.1) is 0 Å². The summed E-state index contributed by atoms with van der Waals surface area (Å²) in [5.74, 6) is -2.61. The van der Waals surface area contributed by atoms with Crippen LogP contribution in [0.25, 0.3) is 0 Å². The van der Waals surface area contributed by atoms with E-state index in [1.807, 2.05) is 5.32 Å². The second-order valence-corrected chi connectivity index (χ2v) is 3.67. The Labute approximate surface area is 109 Å². The molecule has 1 atom stereocenters. The predicted molar refractivity (Wildman–Crippen MR) is 64.2 cm³/mol. The van der Waals surface area contributed by atoms with Gasteiger partial charge < -0.3 is 25.3 Å². The topological polar surface area (TPSA) is 108 Å². The van der Waals surface area contributed by atoms with E-state index in [1.54, 1.807) is 12.1 Å². The molecule has 19 heavy (non-hydrogen) atoms. The number of ether oxygens (including phenoxy) is 1. The van der Waals surface area contributed by atoms with Crippen LogP contribution < -0.4 is 20.5 Å². The molecule has 0 spiro atoms. The highest BCUT2D eigenvalue weighted by Gasteiger charge is 2.20. The lowest BCUT2D eigenvalue weighted by molar-refractivity contribution is -0.307. The summed E-state index contributed by atoms with van der Waals surface area (Å²) in [4.78, 5) is 33.2. The molecule has 0 saturated heterocycles. The van der Waals surface area contributed by atoms with Gasteiger partial charge in [0, 0.05) is 12.6 Å². The number of carbonyl (C=O) groups excluding carboxylic acids is 3. The normalized spacial score (nSPS) is 11.3. The molecule has 1 rings (SSSR count). The van der Waals surface area contributed by atoms with Crippen LogP contribution >= 0.6 is 0 Å². The molecule has 0 heterocycles. The molecule has 0 aliphatic carbocycles. The molecule has 0 fully saturated rings. The van der Waals surface area contributed by atoms with Crippen molar-refractivity contribution >= 4 is 23.5 Å². The quantitative estimate of drug-likeness (QED) is 0.656. The van der Waals surface area contributed by atoms with Crippen LogP contribution in [0.15, 0.2) is 24.3 Å². The SMILES string of the molecule is COc1ccc(NC(=O)[C@@H](NC(C)=O)C(=O)[O-])cc1. The van der Waals surface area contributed by atoms with Crippen LogP contribution in [0.1, 0.15) is 6.92 Å². The van der Waals surface area contributed by atoms with Gasteiger partial charge in [0.05, 0.1) is 13.1 Å². The first-order chi connectivity index (χ1) is 8.93. The zero-order valence-electron chi connectivity index (χ0n) is 10.4. The summed E-state index contributed by atoms with van der Waals surface area (Å²) >= 11 is 0. The van der Waals surface area contributed by atoms with E-state index in [1.165, 1.54) is 19.2 Å². The van der Waals surface area contributed by atoms with Gasteiger partial charge >= 0.3 is 0 Å². The Morgan fingerprint density at radius 2 is 1.79 bits per heavy atom. The first-order valence-corrected chi connectivity index (χ1v) is 5.37. The maximum absolute atomic E-state index is 11.7. The van der Waals surface area contributed by atoms with Crippen molar-refractivity contribution in [2.45, 2.75) is 13.0 Å². The number of hydrogen-bond donors (Lipinski definition) is 2. The second kappa shape index (κ2) is 6.39. The molecule has 0 radical (unpaired) electrons. The van der Waals surface area contributed by atoms with Crippen molar-refractivity contribution in [1.29, 1.82) is 0 Å². The van der Waals surface area contributed by atoms with Crippen molar-refractivity contribution < 1.29 is 24.2 Å². The van der Waals surface area contributed by atoms with Crippen LogP contribution in [0.4, 0.5) is 5.69 Å². The van der Waals surface area contributed by atoms with Crippen LogP contribution in [-0.2, 0) is 14.4 Å². The lowest BCUT2D eigenvalue weighted by atomic mass is 10.2. The van der Waals surface area contributed by atoms with Crippen molar-refractivity contribution in [1.82, 2.24) is 5.32 Å². The number of carboxylic acid groups (broad SMARTS) is 1. The van der Waals surface area contributed by atoms with Gasteiger partial charge in [0.2, 0.25) is 5.91 Å². The van der Waals surface area contributed by atoms with E-state index in [-0.39, 0.29) is 0 Å². The molecule has 0 aliphatic rings. The summed E-state index contributed by atoms with van der Waals surface area (Å²) in [6, 6.07) is 4.54. The lowest BCUT2D eigenvalue weighted by Gasteiger charge is -2.18. The average Bonchev–Trinajstić information content (AvgIpc) is 2.36. The summed E-state index contributed by atoms with van der Waals surface area (Å²) in [5, 5.41) is 15.1. The standard InChI is InChI=1S/C12H14N2O5/c1-7(15)13-10(12(17)18)11(16)14-8-3-5-9(19-2)6-4-8/h3-6,10H,1-2H3,(H,13,15)(H,14,16)(H,17,18)/p-1/t10-/m1/s1. The molecule has 0 saturated carbocycles. The zero-order valence-corrected chi connectivity index (χ0v) is 10.4. The van der Waals surface area contributed by atoms with E-state index in [4.69, 9.17) is 4.74 Å². The Bertz CT molecular complexity index is 483. The van der Waals surface area contributed by atoms with Gasteiger partial charge in [0.25, 0.3) is 5.91 Å². The van der Waals surface area contributed by atoms with Gasteiger partial charge in [-0.05, 0) is 24.3 Å². The fraction of sp³-hybridized carbons (Fsp3) is 0.250. The molecular weight excluding hydrogens is 252 g/mol. The van der Waals surface area contributed by atoms with Gasteiger partial charge in [-0.3, -0.25) is 9.59 Å². The number of carbonyl (C=O) groups is 3. The minimum absolute atomic E-state index is 0.377. The third-order valence-electron chi connectivity index (χ3n) is 2.20. The molecule has 2 amide bonds. The molecular formula is C12H13N2O5-. The van der Waals surface area contributed by atoms with E-state index in [9.17, 15) is 19.5 Å². The van der Waals surface area contributed by atoms with Gasteiger partial charge in [-0.1, -0.05) is 0 Å². The maximum atomic E-state index is 11.7. The number of anilines is 1. The predicted octanol–water partition coefficient (Wildman–Crippen LogP) is -1.11. The smallest absolute Gasteiger partial charge is 0.252 e. The molecule has 7 nitrogen and oxygen atoms in total. The zero-order chi connectivity index (χ0) is 14.4. The van der Waals surface area contributed by atoms with Crippen molar-refractivity contribution in [3.63, 3.8) is 0 Å². The maximum Gasteiger partial charge on any atom is 0.252 e. The number of aliphatic carboxylic acids is 1. The van der Waals surface area contributed by atoms with Gasteiger partial charge in [-0.25, -0.2) is 0 Å². The van der Waals surface area contributed by atoms with Gasteiger partial charge in [0.15, 0.2) is 0 Å². The van der Waals surface area contributed by atoms with Gasteiger partial charge in [-0.2, -0.15) is 0 Å². The number of amides is 2. The number of hydrogen-bond acceptors (Lipinski definition) is 5. The van der Waals surface area contributed by atoms with Crippen molar-refractivity contribution in [2.24, 2.45) is 0 Å². The third-order valence-corrected chi connectivity index (χ3v) is 2.20. The number of benzene rings is 1. The molecule has 0 aromatic heterocycles. The van der Waals surface area contributed by atoms with E-state index in [2.05, 4.69) is 5.32 Å². The summed E-state index contributed by atoms with van der Waals surface area (Å²) < 4.78 is 4.94. The lowest BCUT2D eigenvalue weighted by Crippen LogP contribution is -2.54. The Kier molecular flexibility index (Phi) is 4.87. The average molecular weight is 265 g/mol. The molecule has 7 heteroatoms. The van der Waals surface area contributed by atoms with Crippen LogP contribution in [0.2, 0.25) is 0 Å². The Hall–Kier alpha value is -2.57. The molecule has 1 aromatic carbocycles. The largest absolute Gasteiger partial charge is 0.547 e. The summed E-state index contributed by atoms with van der Waals surface area (Å²) in [6.07, 6.45) is 0. The van der Waals surface area contributed by atoms with Crippen LogP contribution in [-0.4, -0.2) is 30.9 Å². The van der Waals surface area contributed by atoms with Crippen molar-refractivity contribution in [2.75, 3.05) is 12.4 Å². The Balaban J connectivity index is 2.75. The van der Waals surface area contributed by atoms with E-state index >= 15 is 0 Å². The minimum atomic E-state index is -1.74. The minimum Gasteiger partial charge on any atom is -0.547 e. The van der Waals surface area contributed by atoms with Crippen LogP contribution in [0.3, 0.4) is 0 Å². The first kappa shape index (κ1) is 14.5. The Morgan fingerprint density at radius 3 is 2.21 bits per heavy atom. The summed E-state index contributed by atoms with van der Waals surface area (Å²) in [5.41, 5.74) is 0.377. The number of nitrogens with one attached hydrogen (secondary N) is 2. The van der Waals surface area contributed by atoms with Gasteiger partial charge in [0.1, 0.15) is 11.8 Å². The van der Waals surface area contributed by atoms with Crippen LogP contribution in [0, 0.1) is 0 Å². The number of methoxy groups -OCH3 is 1. The molecule has 0 bridgehead atoms. The highest BCUT2D eigenvalue weighted by atomic mass is 16.5. The van der Waals surface area contributed by atoms with Crippen LogP contribution in [0.5, 0.6) is 5.75 Å². The highest BCUT2D eigenvalue weighted by molar-refractivity contribution is 6.09. The van der Waals surface area contributed by atoms with E-state index < -0.39 is 23.8 Å². The van der Waals surface area contributed by atoms with Crippen molar-refractivity contribution in [3.05, 3.63) is 24.3 Å². The fourth-order valence-electron chi connectivity index (χ4n) is 1.32. The molecule has 0 aliphatic heterocycles. The summed E-state index contributed by atoms with van der Waals surface area (Å²) in [7, 11) is 1.50. The highest BCUT2D eigenvalue weighted by Crippen LogP contribution is 2.15. The molecule has 102 valence electrons. The first-order valence-electron chi connectivity index (χ1n) is 5.37. The van der Waals surface area contributed by atoms with E-state index in [0.717, 1.165) is 6.92 Å². The summed E-state index contributed by atoms with van der Waals surface area (Å²) in [6.45, 7) is 1.11. The number of rotatable bonds is 5. The Morgan fingerprint density at radius 1 is 1.21 bits per heavy atom. The molecule has 1 aromatic rings. The third kappa shape index (κ3) is 4.30. The number of carboxylic acids is 1. The van der Waals surface area contributed by atoms with Crippen molar-refractivity contribution in [3.8, 4) is 5.75 Å². The molecule has 0 unspecified atom stereocenters. The fourth-order valence-corrected chi connectivity index (χ4v) is 1.32. The van der Waals surface area contributed by atoms with E-state index in [0.29, 0.717) is 11.4 Å².